The Hall–Kier alpha value is -2.38. The van der Waals surface area contributed by atoms with Crippen molar-refractivity contribution in [1.29, 1.82) is 0 Å². The lowest BCUT2D eigenvalue weighted by molar-refractivity contribution is -0.886. The first-order chi connectivity index (χ1) is 13.0. The minimum absolute atomic E-state index is 0.0511. The van der Waals surface area contributed by atoms with Gasteiger partial charge < -0.3 is 19.6 Å². The molecule has 2 N–H and O–H groups in total. The van der Waals surface area contributed by atoms with E-state index in [1.807, 2.05) is 0 Å². The quantitative estimate of drug-likeness (QED) is 0.747. The van der Waals surface area contributed by atoms with Crippen molar-refractivity contribution in [3.63, 3.8) is 0 Å². The van der Waals surface area contributed by atoms with Gasteiger partial charge in [-0.05, 0) is 25.1 Å². The number of anilines is 1. The Morgan fingerprint density at radius 1 is 1.30 bits per heavy atom. The molecule has 2 aromatic rings. The Morgan fingerprint density at radius 3 is 2.74 bits per heavy atom. The van der Waals surface area contributed by atoms with Crippen LogP contribution in [0.3, 0.4) is 0 Å². The number of quaternary nitrogens is 1. The number of nitrogens with zero attached hydrogens (tertiary/aromatic N) is 2. The minimum Gasteiger partial charge on any atom is -0.360 e. The average Bonchev–Trinajstić information content (AvgIpc) is 3.29. The molecular weight excluding hydrogens is 368 g/mol. The number of aryl methyl sites for hydroxylation is 1. The molecule has 0 radical (unpaired) electrons. The lowest BCUT2D eigenvalue weighted by Gasteiger charge is -2.23. The zero-order chi connectivity index (χ0) is 19.2. The molecule has 0 aliphatic carbocycles. The molecule has 0 bridgehead atoms. The van der Waals surface area contributed by atoms with Gasteiger partial charge in [-0.2, -0.15) is 0 Å². The van der Waals surface area contributed by atoms with Crippen LogP contribution in [0.5, 0.6) is 0 Å². The summed E-state index contributed by atoms with van der Waals surface area (Å²) in [6, 6.07) is 8.42. The molecule has 1 aliphatic rings. The summed E-state index contributed by atoms with van der Waals surface area (Å²) in [6.45, 7) is 5.25. The predicted molar refractivity (Wildman–Crippen MR) is 102 cm³/mol. The van der Waals surface area contributed by atoms with Crippen LogP contribution in [0, 0.1) is 6.92 Å². The number of carbonyl (C=O) groups excluding carboxylic acids is 2. The van der Waals surface area contributed by atoms with Crippen LogP contribution in [0.25, 0.3) is 0 Å². The van der Waals surface area contributed by atoms with E-state index in [0.29, 0.717) is 28.7 Å². The summed E-state index contributed by atoms with van der Waals surface area (Å²) in [6.07, 6.45) is 2.42. The fourth-order valence-electron chi connectivity index (χ4n) is 3.26. The maximum Gasteiger partial charge on any atom is 0.254 e. The first-order valence-electron chi connectivity index (χ1n) is 9.13. The second kappa shape index (κ2) is 9.01. The lowest BCUT2D eigenvalue weighted by atomic mass is 10.2. The van der Waals surface area contributed by atoms with Gasteiger partial charge in [-0.15, -0.1) is 0 Å². The molecule has 27 heavy (non-hydrogen) atoms. The molecule has 144 valence electrons. The van der Waals surface area contributed by atoms with Crippen molar-refractivity contribution in [3.05, 3.63) is 46.7 Å². The van der Waals surface area contributed by atoms with E-state index in [1.165, 1.54) is 17.7 Å². The van der Waals surface area contributed by atoms with Gasteiger partial charge in [0, 0.05) is 29.5 Å². The second-order valence-electron chi connectivity index (χ2n) is 6.82. The Labute approximate surface area is 163 Å². The van der Waals surface area contributed by atoms with Gasteiger partial charge in [-0.1, -0.05) is 22.8 Å². The first-order valence-corrected chi connectivity index (χ1v) is 9.50. The number of halogens is 1. The summed E-state index contributed by atoms with van der Waals surface area (Å²) < 4.78 is 4.95. The smallest absolute Gasteiger partial charge is 0.254 e. The van der Waals surface area contributed by atoms with Gasteiger partial charge in [0.05, 0.1) is 26.2 Å². The molecule has 1 saturated heterocycles. The van der Waals surface area contributed by atoms with Crippen molar-refractivity contribution in [1.82, 2.24) is 10.1 Å². The number of amides is 2. The number of rotatable bonds is 7. The van der Waals surface area contributed by atoms with Gasteiger partial charge in [0.1, 0.15) is 12.3 Å². The number of benzene rings is 1. The highest BCUT2D eigenvalue weighted by Gasteiger charge is 2.23. The fourth-order valence-corrected chi connectivity index (χ4v) is 3.45. The van der Waals surface area contributed by atoms with Crippen LogP contribution in [0.4, 0.5) is 5.82 Å². The number of aromatic nitrogens is 1. The summed E-state index contributed by atoms with van der Waals surface area (Å²) in [5.41, 5.74) is 0.476. The molecule has 2 heterocycles. The number of nitrogens with one attached hydrogen (secondary N) is 2. The molecule has 1 aromatic heterocycles. The van der Waals surface area contributed by atoms with Gasteiger partial charge in [-0.25, -0.2) is 0 Å². The van der Waals surface area contributed by atoms with Crippen molar-refractivity contribution >= 4 is 29.2 Å². The fraction of sp³-hybridized carbons (Fsp3) is 0.421. The molecule has 1 aromatic carbocycles. The van der Waals surface area contributed by atoms with Crippen molar-refractivity contribution in [2.24, 2.45) is 0 Å². The van der Waals surface area contributed by atoms with Crippen LogP contribution >= 0.6 is 11.6 Å². The van der Waals surface area contributed by atoms with Crippen molar-refractivity contribution in [2.75, 3.05) is 38.0 Å². The van der Waals surface area contributed by atoms with Gasteiger partial charge >= 0.3 is 0 Å². The number of likely N-dealkylation sites (tertiary alicyclic amines) is 1. The Balaban J connectivity index is 1.67. The molecule has 0 spiro atoms. The highest BCUT2D eigenvalue weighted by molar-refractivity contribution is 6.31. The van der Waals surface area contributed by atoms with E-state index in [1.54, 1.807) is 42.2 Å². The summed E-state index contributed by atoms with van der Waals surface area (Å²) in [5.74, 6) is 0.435. The van der Waals surface area contributed by atoms with Crippen LogP contribution in [0.1, 0.15) is 29.0 Å². The van der Waals surface area contributed by atoms with Crippen LogP contribution in [0.2, 0.25) is 5.02 Å². The van der Waals surface area contributed by atoms with Crippen molar-refractivity contribution in [3.8, 4) is 0 Å². The minimum atomic E-state index is -0.310. The third-order valence-electron chi connectivity index (χ3n) is 4.63. The van der Waals surface area contributed by atoms with E-state index in [-0.39, 0.29) is 18.4 Å². The monoisotopic (exact) mass is 391 g/mol. The largest absolute Gasteiger partial charge is 0.360 e. The summed E-state index contributed by atoms with van der Waals surface area (Å²) in [4.78, 5) is 28.4. The van der Waals surface area contributed by atoms with E-state index in [2.05, 4.69) is 10.5 Å². The van der Waals surface area contributed by atoms with Crippen molar-refractivity contribution < 1.29 is 19.0 Å². The van der Waals surface area contributed by atoms with Crippen LogP contribution in [0.15, 0.2) is 34.9 Å². The van der Waals surface area contributed by atoms with E-state index in [4.69, 9.17) is 16.1 Å². The molecule has 1 aliphatic heterocycles. The lowest BCUT2D eigenvalue weighted by Crippen LogP contribution is -3.10. The summed E-state index contributed by atoms with van der Waals surface area (Å²) in [7, 11) is 0. The highest BCUT2D eigenvalue weighted by Crippen LogP contribution is 2.13. The van der Waals surface area contributed by atoms with Gasteiger partial charge in [0.25, 0.3) is 5.91 Å². The molecule has 0 saturated carbocycles. The maximum absolute atomic E-state index is 12.9. The highest BCUT2D eigenvalue weighted by atomic mass is 35.5. The normalized spacial score (nSPS) is 14.3. The Morgan fingerprint density at radius 2 is 2.07 bits per heavy atom. The standard InChI is InChI=1S/C19H23ClN4O3/c1-14-11-17(22-27-14)21-18(25)13-24(10-9-23-7-2-3-8-23)19(26)15-5-4-6-16(20)12-15/h4-6,11-12H,2-3,7-10,13H2,1H3,(H,21,22,25)/p+1. The SMILES string of the molecule is Cc1cc(NC(=O)CN(CC[NH+]2CCCC2)C(=O)c2cccc(Cl)c2)no1. The molecule has 0 unspecified atom stereocenters. The topological polar surface area (TPSA) is 79.9 Å². The zero-order valence-electron chi connectivity index (χ0n) is 15.3. The zero-order valence-corrected chi connectivity index (χ0v) is 16.1. The Bertz CT molecular complexity index is 802. The second-order valence-corrected chi connectivity index (χ2v) is 7.25. The molecule has 7 nitrogen and oxygen atoms in total. The van der Waals surface area contributed by atoms with Crippen LogP contribution in [-0.2, 0) is 4.79 Å². The first kappa shape index (κ1) is 19.4. The van der Waals surface area contributed by atoms with Gasteiger partial charge in [-0.3, -0.25) is 9.59 Å². The van der Waals surface area contributed by atoms with E-state index in [0.717, 1.165) is 19.6 Å². The van der Waals surface area contributed by atoms with E-state index in [9.17, 15) is 9.59 Å². The van der Waals surface area contributed by atoms with Crippen LogP contribution < -0.4 is 10.2 Å². The summed E-state index contributed by atoms with van der Waals surface area (Å²) in [5, 5.41) is 6.92. The Kier molecular flexibility index (Phi) is 6.47. The number of hydrogen-bond acceptors (Lipinski definition) is 4. The average molecular weight is 392 g/mol. The van der Waals surface area contributed by atoms with Gasteiger partial charge in [0.2, 0.25) is 5.91 Å². The van der Waals surface area contributed by atoms with E-state index < -0.39 is 0 Å². The third-order valence-corrected chi connectivity index (χ3v) is 4.87. The molecule has 1 fully saturated rings. The molecule has 8 heteroatoms. The van der Waals surface area contributed by atoms with Crippen molar-refractivity contribution in [2.45, 2.75) is 19.8 Å². The molecule has 2 amide bonds. The molecule has 0 atom stereocenters. The number of hydrogen-bond donors (Lipinski definition) is 2. The maximum atomic E-state index is 12.9. The molecule has 3 rings (SSSR count). The van der Waals surface area contributed by atoms with Gasteiger partial charge in [0.15, 0.2) is 5.82 Å². The predicted octanol–water partition coefficient (Wildman–Crippen LogP) is 1.40. The number of carbonyl (C=O) groups is 2. The summed E-state index contributed by atoms with van der Waals surface area (Å²) >= 11 is 6.02. The van der Waals surface area contributed by atoms with Crippen LogP contribution in [-0.4, -0.2) is 54.6 Å². The van der Waals surface area contributed by atoms with E-state index >= 15 is 0 Å². The third kappa shape index (κ3) is 5.55. The molecular formula is C19H24ClN4O3+.